The molecule has 0 aliphatic carbocycles. The summed E-state index contributed by atoms with van der Waals surface area (Å²) < 4.78 is 5.10. The Morgan fingerprint density at radius 3 is 3.06 bits per heavy atom. The van der Waals surface area contributed by atoms with Crippen molar-refractivity contribution in [1.29, 1.82) is 0 Å². The van der Waals surface area contributed by atoms with E-state index in [4.69, 9.17) is 4.74 Å². The fourth-order valence-electron chi connectivity index (χ4n) is 1.96. The van der Waals surface area contributed by atoms with Gasteiger partial charge in [-0.25, -0.2) is 4.98 Å². The lowest BCUT2D eigenvalue weighted by molar-refractivity contribution is 0.383. The van der Waals surface area contributed by atoms with Crippen molar-refractivity contribution in [3.05, 3.63) is 23.9 Å². The molecule has 4 heteroatoms. The maximum atomic E-state index is 5.10. The third-order valence-electron chi connectivity index (χ3n) is 2.94. The molecule has 0 spiro atoms. The number of pyridine rings is 1. The lowest BCUT2D eigenvalue weighted by atomic mass is 10.1. The number of hydrogen-bond acceptors (Lipinski definition) is 4. The lowest BCUT2D eigenvalue weighted by Crippen LogP contribution is -2.39. The van der Waals surface area contributed by atoms with Crippen LogP contribution in [-0.2, 0) is 6.54 Å². The van der Waals surface area contributed by atoms with Crippen molar-refractivity contribution in [2.75, 3.05) is 20.2 Å². The highest BCUT2D eigenvalue weighted by atomic mass is 16.5. The van der Waals surface area contributed by atoms with E-state index in [-0.39, 0.29) is 0 Å². The predicted molar refractivity (Wildman–Crippen MR) is 63.5 cm³/mol. The summed E-state index contributed by atoms with van der Waals surface area (Å²) in [6.07, 6.45) is 4.21. The maximum absolute atomic E-state index is 5.10. The number of aromatic nitrogens is 1. The van der Waals surface area contributed by atoms with Crippen molar-refractivity contribution in [1.82, 2.24) is 15.6 Å². The van der Waals surface area contributed by atoms with Gasteiger partial charge in [-0.1, -0.05) is 0 Å². The topological polar surface area (TPSA) is 46.2 Å². The van der Waals surface area contributed by atoms with Crippen LogP contribution in [0.5, 0.6) is 5.88 Å². The van der Waals surface area contributed by atoms with E-state index in [0.29, 0.717) is 11.9 Å². The molecule has 2 heterocycles. The highest BCUT2D eigenvalue weighted by Gasteiger charge is 2.11. The van der Waals surface area contributed by atoms with Gasteiger partial charge in [0.05, 0.1) is 7.11 Å². The first-order chi connectivity index (χ1) is 7.88. The Bertz CT molecular complexity index is 324. The minimum absolute atomic E-state index is 0.639. The van der Waals surface area contributed by atoms with Gasteiger partial charge in [0.2, 0.25) is 5.88 Å². The molecule has 16 heavy (non-hydrogen) atoms. The smallest absolute Gasteiger partial charge is 0.213 e. The summed E-state index contributed by atoms with van der Waals surface area (Å²) >= 11 is 0. The Balaban J connectivity index is 1.83. The van der Waals surface area contributed by atoms with E-state index in [9.17, 15) is 0 Å². The molecule has 0 atom stereocenters. The van der Waals surface area contributed by atoms with Crippen molar-refractivity contribution in [3.63, 3.8) is 0 Å². The largest absolute Gasteiger partial charge is 0.481 e. The molecule has 0 amide bonds. The van der Waals surface area contributed by atoms with Crippen LogP contribution in [0.3, 0.4) is 0 Å². The quantitative estimate of drug-likeness (QED) is 0.794. The molecular weight excluding hydrogens is 202 g/mol. The average Bonchev–Trinajstić information content (AvgIpc) is 2.38. The minimum atomic E-state index is 0.639. The van der Waals surface area contributed by atoms with Crippen LogP contribution in [0.1, 0.15) is 18.4 Å². The van der Waals surface area contributed by atoms with Crippen LogP contribution in [0.2, 0.25) is 0 Å². The predicted octanol–water partition coefficient (Wildman–Crippen LogP) is 0.932. The van der Waals surface area contributed by atoms with Gasteiger partial charge in [0.1, 0.15) is 0 Å². The van der Waals surface area contributed by atoms with Crippen molar-refractivity contribution < 1.29 is 4.74 Å². The highest BCUT2D eigenvalue weighted by molar-refractivity contribution is 5.20. The second-order valence-electron chi connectivity index (χ2n) is 4.11. The van der Waals surface area contributed by atoms with Gasteiger partial charge < -0.3 is 15.4 Å². The number of hydrogen-bond donors (Lipinski definition) is 2. The summed E-state index contributed by atoms with van der Waals surface area (Å²) in [6, 6.07) is 4.64. The van der Waals surface area contributed by atoms with Crippen molar-refractivity contribution in [3.8, 4) is 5.88 Å². The first-order valence-electron chi connectivity index (χ1n) is 5.81. The third-order valence-corrected chi connectivity index (χ3v) is 2.94. The normalized spacial score (nSPS) is 17.3. The summed E-state index contributed by atoms with van der Waals surface area (Å²) in [6.45, 7) is 3.14. The molecule has 0 aromatic carbocycles. The van der Waals surface area contributed by atoms with Gasteiger partial charge in [-0.2, -0.15) is 0 Å². The molecule has 0 unspecified atom stereocenters. The SMILES string of the molecule is COc1cc(CNC2CCNCC2)ccn1. The summed E-state index contributed by atoms with van der Waals surface area (Å²) in [4.78, 5) is 4.09. The number of rotatable bonds is 4. The number of methoxy groups -OCH3 is 1. The molecular formula is C12H19N3O. The molecule has 1 aliphatic heterocycles. The maximum Gasteiger partial charge on any atom is 0.213 e. The van der Waals surface area contributed by atoms with E-state index in [1.165, 1.54) is 18.4 Å². The first-order valence-corrected chi connectivity index (χ1v) is 5.81. The summed E-state index contributed by atoms with van der Waals surface area (Å²) in [7, 11) is 1.65. The Kier molecular flexibility index (Phi) is 4.13. The van der Waals surface area contributed by atoms with Crippen molar-refractivity contribution >= 4 is 0 Å². The Morgan fingerprint density at radius 1 is 1.50 bits per heavy atom. The Labute approximate surface area is 96.4 Å². The van der Waals surface area contributed by atoms with Gasteiger partial charge in [0.15, 0.2) is 0 Å². The zero-order valence-corrected chi connectivity index (χ0v) is 9.70. The molecule has 1 fully saturated rings. The second-order valence-corrected chi connectivity index (χ2v) is 4.11. The molecule has 1 aromatic heterocycles. The van der Waals surface area contributed by atoms with Gasteiger partial charge in [-0.15, -0.1) is 0 Å². The summed E-state index contributed by atoms with van der Waals surface area (Å²) in [5.74, 6) is 0.685. The number of ether oxygens (including phenoxy) is 1. The van der Waals surface area contributed by atoms with Crippen molar-refractivity contribution in [2.45, 2.75) is 25.4 Å². The molecule has 1 aromatic rings. The fraction of sp³-hybridized carbons (Fsp3) is 0.583. The summed E-state index contributed by atoms with van der Waals surface area (Å²) in [5.41, 5.74) is 1.23. The van der Waals surface area contributed by atoms with E-state index in [1.807, 2.05) is 12.1 Å². The monoisotopic (exact) mass is 221 g/mol. The number of piperidine rings is 1. The zero-order valence-electron chi connectivity index (χ0n) is 9.70. The van der Waals surface area contributed by atoms with Gasteiger partial charge in [-0.3, -0.25) is 0 Å². The van der Waals surface area contributed by atoms with Gasteiger partial charge >= 0.3 is 0 Å². The number of nitrogens with one attached hydrogen (secondary N) is 2. The summed E-state index contributed by atoms with van der Waals surface area (Å²) in [5, 5.41) is 6.93. The van der Waals surface area contributed by atoms with Gasteiger partial charge in [-0.05, 0) is 37.6 Å². The van der Waals surface area contributed by atoms with Crippen LogP contribution in [0, 0.1) is 0 Å². The standard InChI is InChI=1S/C12H19N3O/c1-16-12-8-10(2-7-14-12)9-15-11-3-5-13-6-4-11/h2,7-8,11,13,15H,3-6,9H2,1H3. The third kappa shape index (κ3) is 3.18. The Hall–Kier alpha value is -1.13. The molecule has 0 radical (unpaired) electrons. The van der Waals surface area contributed by atoms with Crippen molar-refractivity contribution in [2.24, 2.45) is 0 Å². The van der Waals surface area contributed by atoms with Crippen LogP contribution in [0.4, 0.5) is 0 Å². The van der Waals surface area contributed by atoms with Crippen LogP contribution >= 0.6 is 0 Å². The zero-order chi connectivity index (χ0) is 11.2. The Morgan fingerprint density at radius 2 is 2.31 bits per heavy atom. The van der Waals surface area contributed by atoms with E-state index >= 15 is 0 Å². The molecule has 88 valence electrons. The van der Waals surface area contributed by atoms with Crippen LogP contribution < -0.4 is 15.4 Å². The molecule has 2 N–H and O–H groups in total. The molecule has 4 nitrogen and oxygen atoms in total. The van der Waals surface area contributed by atoms with E-state index in [2.05, 4.69) is 15.6 Å². The van der Waals surface area contributed by atoms with E-state index in [0.717, 1.165) is 19.6 Å². The molecule has 1 aliphatic rings. The van der Waals surface area contributed by atoms with E-state index < -0.39 is 0 Å². The molecule has 1 saturated heterocycles. The van der Waals surface area contributed by atoms with Crippen LogP contribution in [0.25, 0.3) is 0 Å². The minimum Gasteiger partial charge on any atom is -0.481 e. The average molecular weight is 221 g/mol. The molecule has 2 rings (SSSR count). The highest BCUT2D eigenvalue weighted by Crippen LogP contribution is 2.09. The van der Waals surface area contributed by atoms with Gasteiger partial charge in [0, 0.05) is 24.8 Å². The van der Waals surface area contributed by atoms with Crippen LogP contribution in [0.15, 0.2) is 18.3 Å². The van der Waals surface area contributed by atoms with Crippen LogP contribution in [-0.4, -0.2) is 31.2 Å². The fourth-order valence-corrected chi connectivity index (χ4v) is 1.96. The lowest BCUT2D eigenvalue weighted by Gasteiger charge is -2.23. The molecule has 0 bridgehead atoms. The van der Waals surface area contributed by atoms with Gasteiger partial charge in [0.25, 0.3) is 0 Å². The van der Waals surface area contributed by atoms with E-state index in [1.54, 1.807) is 13.3 Å². The number of nitrogens with zero attached hydrogens (tertiary/aromatic N) is 1. The first kappa shape index (κ1) is 11.4. The second kappa shape index (κ2) is 5.82. The molecule has 0 saturated carbocycles.